The average Bonchev–Trinajstić information content (AvgIpc) is 2.80. The monoisotopic (exact) mass is 522 g/mol. The van der Waals surface area contributed by atoms with Gasteiger partial charge in [0.25, 0.3) is 0 Å². The normalized spacial score (nSPS) is 13.3. The Morgan fingerprint density at radius 2 is 2.00 bits per heavy atom. The minimum Gasteiger partial charge on any atom is -0.396 e. The Bertz CT molecular complexity index is 1440. The van der Waals surface area contributed by atoms with Crippen molar-refractivity contribution in [1.29, 1.82) is 0 Å². The molecule has 3 N–H and O–H groups in total. The lowest BCUT2D eigenvalue weighted by atomic mass is 10.1. The molecule has 4 aromatic rings. The number of aliphatic hydroxyl groups is 1. The largest absolute Gasteiger partial charge is 0.471 e. The molecule has 2 atom stereocenters. The van der Waals surface area contributed by atoms with Crippen LogP contribution in [0.25, 0.3) is 21.8 Å². The summed E-state index contributed by atoms with van der Waals surface area (Å²) in [6.45, 7) is -0.491. The maximum absolute atomic E-state index is 12.4. The average molecular weight is 523 g/mol. The Morgan fingerprint density at radius 1 is 1.18 bits per heavy atom. The van der Waals surface area contributed by atoms with Gasteiger partial charge in [-0.25, -0.2) is 4.57 Å². The van der Waals surface area contributed by atoms with E-state index in [0.29, 0.717) is 27.9 Å². The fraction of sp³-hybridized carbons (Fsp3) is 0.182. The molecule has 0 aliphatic heterocycles. The van der Waals surface area contributed by atoms with Crippen LogP contribution in [-0.2, 0) is 20.3 Å². The minimum absolute atomic E-state index is 0.0438. The van der Waals surface area contributed by atoms with Crippen LogP contribution in [0.3, 0.4) is 0 Å². The number of fused-ring (bicyclic) bond motifs is 3. The van der Waals surface area contributed by atoms with Crippen LogP contribution in [0.2, 0.25) is 5.02 Å². The Morgan fingerprint density at radius 3 is 2.74 bits per heavy atom. The van der Waals surface area contributed by atoms with Crippen LogP contribution in [0.15, 0.2) is 65.7 Å². The smallest absolute Gasteiger partial charge is 0.396 e. The summed E-state index contributed by atoms with van der Waals surface area (Å²) in [6.07, 6.45) is 3.10. The molecule has 0 radical (unpaired) electrons. The van der Waals surface area contributed by atoms with Gasteiger partial charge in [-0.3, -0.25) is 14.3 Å². The van der Waals surface area contributed by atoms with Crippen molar-refractivity contribution in [2.75, 3.05) is 6.61 Å². The summed E-state index contributed by atoms with van der Waals surface area (Å²) in [4.78, 5) is 35.0. The molecule has 0 amide bonds. The van der Waals surface area contributed by atoms with Crippen molar-refractivity contribution in [3.63, 3.8) is 0 Å². The van der Waals surface area contributed by atoms with Gasteiger partial charge in [-0.2, -0.15) is 0 Å². The van der Waals surface area contributed by atoms with E-state index < -0.39 is 14.6 Å². The van der Waals surface area contributed by atoms with Crippen molar-refractivity contribution in [1.82, 2.24) is 9.55 Å². The molecule has 9 nitrogen and oxygen atoms in total. The van der Waals surface area contributed by atoms with Crippen LogP contribution in [-0.4, -0.2) is 31.1 Å². The van der Waals surface area contributed by atoms with Crippen molar-refractivity contribution < 1.29 is 28.5 Å². The highest BCUT2D eigenvalue weighted by molar-refractivity contribution is 7.46. The number of hydrogen-bond acceptors (Lipinski definition) is 6. The predicted octanol–water partition coefficient (Wildman–Crippen LogP) is 3.63. The van der Waals surface area contributed by atoms with Crippen molar-refractivity contribution >= 4 is 55.3 Å². The van der Waals surface area contributed by atoms with Gasteiger partial charge in [0.2, 0.25) is 0 Å². The van der Waals surface area contributed by atoms with E-state index in [4.69, 9.17) is 25.9 Å². The maximum Gasteiger partial charge on any atom is 0.471 e. The second kappa shape index (κ2) is 10.6. The Labute approximate surface area is 201 Å². The quantitative estimate of drug-likeness (QED) is 0.224. The van der Waals surface area contributed by atoms with Gasteiger partial charge in [-0.15, -0.1) is 0 Å². The van der Waals surface area contributed by atoms with Crippen LogP contribution in [0.1, 0.15) is 18.1 Å². The highest BCUT2D eigenvalue weighted by Crippen LogP contribution is 2.37. The summed E-state index contributed by atoms with van der Waals surface area (Å²) in [5.41, 5.74) is 1.52. The van der Waals surface area contributed by atoms with Crippen LogP contribution in [0.4, 0.5) is 0 Å². The molecule has 0 spiro atoms. The Balaban J connectivity index is 1.65. The third kappa shape index (κ3) is 5.89. The van der Waals surface area contributed by atoms with Crippen LogP contribution in [0.5, 0.6) is 0 Å². The number of nitrogens with zero attached hydrogens (tertiary/aromatic N) is 2. The number of benzene rings is 2. The number of rotatable bonds is 9. The van der Waals surface area contributed by atoms with Gasteiger partial charge in [-0.1, -0.05) is 29.8 Å². The summed E-state index contributed by atoms with van der Waals surface area (Å²) >= 11 is 6.09. The molecule has 0 saturated heterocycles. The molecular weight excluding hydrogens is 502 g/mol. The summed E-state index contributed by atoms with van der Waals surface area (Å²) in [5, 5.41) is 11.9. The highest BCUT2D eigenvalue weighted by Gasteiger charge is 2.17. The summed E-state index contributed by atoms with van der Waals surface area (Å²) in [5.74, 6) is 0. The first-order valence-corrected chi connectivity index (χ1v) is 13.0. The lowest BCUT2D eigenvalue weighted by Crippen LogP contribution is -2.11. The second-order valence-electron chi connectivity index (χ2n) is 7.43. The lowest BCUT2D eigenvalue weighted by molar-refractivity contribution is 0.156. The number of aromatic nitrogens is 2. The third-order valence-electron chi connectivity index (χ3n) is 5.08. The number of pyridine rings is 2. The number of halogens is 1. The molecule has 2 aromatic heterocycles. The van der Waals surface area contributed by atoms with Crippen LogP contribution >= 0.6 is 28.2 Å². The van der Waals surface area contributed by atoms with E-state index in [9.17, 15) is 14.5 Å². The molecule has 1 unspecified atom stereocenters. The Kier molecular flexibility index (Phi) is 7.77. The van der Waals surface area contributed by atoms with Gasteiger partial charge in [0.15, 0.2) is 5.43 Å². The second-order valence-corrected chi connectivity index (χ2v) is 10.1. The van der Waals surface area contributed by atoms with Gasteiger partial charge >= 0.3 is 7.82 Å². The molecule has 2 aromatic carbocycles. The molecule has 0 saturated carbocycles. The number of phosphoric ester groups is 1. The summed E-state index contributed by atoms with van der Waals surface area (Å²) in [6, 6.07) is 13.9. The van der Waals surface area contributed by atoms with Crippen LogP contribution in [0, 0.1) is 0 Å². The van der Waals surface area contributed by atoms with Gasteiger partial charge in [0.1, 0.15) is 6.73 Å². The lowest BCUT2D eigenvalue weighted by Gasteiger charge is -2.18. The number of hydrogen-bond donors (Lipinski definition) is 3. The van der Waals surface area contributed by atoms with E-state index in [1.165, 1.54) is 16.8 Å². The molecule has 178 valence electrons. The predicted molar refractivity (Wildman–Crippen MR) is 132 cm³/mol. The standard InChI is InChI=1S/C22H21ClN2O7P2/c23-16-3-1-2-14(10-16)20(7-9-26)32-33-17-11-15-4-5-18-19(27)6-8-25(13-31-34(28,29)30)22(18)21(15)24-12-17/h1-6,8,10-12,20,26,33H,7,9,13H2,(H2,28,29,30)/t20-/m0/s1. The van der Waals surface area contributed by atoms with E-state index >= 15 is 0 Å². The minimum atomic E-state index is -4.70. The van der Waals surface area contributed by atoms with Crippen molar-refractivity contribution in [3.8, 4) is 0 Å². The van der Waals surface area contributed by atoms with Gasteiger partial charge in [0.05, 0.1) is 17.1 Å². The summed E-state index contributed by atoms with van der Waals surface area (Å²) < 4.78 is 23.3. The topological polar surface area (TPSA) is 131 Å². The van der Waals surface area contributed by atoms with Crippen LogP contribution < -0.4 is 10.7 Å². The first-order chi connectivity index (χ1) is 16.2. The zero-order valence-corrected chi connectivity index (χ0v) is 20.3. The van der Waals surface area contributed by atoms with Gasteiger partial charge in [0, 0.05) is 61.4 Å². The molecule has 4 rings (SSSR count). The fourth-order valence-corrected chi connectivity index (χ4v) is 4.89. The van der Waals surface area contributed by atoms with E-state index in [2.05, 4.69) is 9.51 Å². The molecule has 0 aliphatic rings. The zero-order valence-electron chi connectivity index (χ0n) is 17.7. The van der Waals surface area contributed by atoms with E-state index in [-0.39, 0.29) is 26.9 Å². The van der Waals surface area contributed by atoms with Crippen molar-refractivity contribution in [2.45, 2.75) is 19.3 Å². The van der Waals surface area contributed by atoms with E-state index in [0.717, 1.165) is 16.3 Å². The molecule has 0 bridgehead atoms. The first-order valence-electron chi connectivity index (χ1n) is 10.1. The highest BCUT2D eigenvalue weighted by atomic mass is 35.5. The van der Waals surface area contributed by atoms with Crippen molar-refractivity contribution in [3.05, 3.63) is 81.7 Å². The SMILES string of the molecule is O=c1ccn(COP(=O)(O)O)c2c1ccc1cc(PO[C@@H](CCO)c3cccc(Cl)c3)cnc12. The van der Waals surface area contributed by atoms with E-state index in [1.807, 2.05) is 18.2 Å². The molecule has 0 fully saturated rings. The number of phosphoric acid groups is 1. The maximum atomic E-state index is 12.4. The number of aliphatic hydroxyl groups excluding tert-OH is 1. The Hall–Kier alpha value is -2.19. The molecule has 0 aliphatic carbocycles. The van der Waals surface area contributed by atoms with Crippen molar-refractivity contribution in [2.24, 2.45) is 0 Å². The molecule has 2 heterocycles. The first kappa shape index (κ1) is 24.9. The molecular formula is C22H21ClN2O7P2. The molecule has 12 heteroatoms. The third-order valence-corrected chi connectivity index (χ3v) is 6.68. The zero-order chi connectivity index (χ0) is 24.3. The molecule has 34 heavy (non-hydrogen) atoms. The van der Waals surface area contributed by atoms with Gasteiger partial charge in [-0.05, 0) is 29.8 Å². The van der Waals surface area contributed by atoms with E-state index in [1.54, 1.807) is 30.5 Å². The fourth-order valence-electron chi connectivity index (χ4n) is 3.56. The van der Waals surface area contributed by atoms with Gasteiger partial charge < -0.3 is 24.0 Å². The summed E-state index contributed by atoms with van der Waals surface area (Å²) in [7, 11) is -4.77.